The van der Waals surface area contributed by atoms with Crippen molar-refractivity contribution in [3.05, 3.63) is 95.7 Å². The lowest BCUT2D eigenvalue weighted by Gasteiger charge is -2.18. The third-order valence-electron chi connectivity index (χ3n) is 5.30. The highest BCUT2D eigenvalue weighted by Gasteiger charge is 2.18. The fraction of sp³-hybridized carbons (Fsp3) is 0.280. The number of hydrogen-bond acceptors (Lipinski definition) is 4. The van der Waals surface area contributed by atoms with Crippen LogP contribution in [0.2, 0.25) is 0 Å². The molecule has 0 spiro atoms. The van der Waals surface area contributed by atoms with Crippen LogP contribution in [0.5, 0.6) is 5.88 Å². The molecule has 0 radical (unpaired) electrons. The topological polar surface area (TPSA) is 60.5 Å². The molecule has 1 atom stereocenters. The zero-order valence-corrected chi connectivity index (χ0v) is 16.9. The van der Waals surface area contributed by atoms with E-state index in [-0.39, 0.29) is 17.9 Å². The summed E-state index contributed by atoms with van der Waals surface area (Å²) < 4.78 is 11.1. The van der Waals surface area contributed by atoms with Crippen LogP contribution < -0.4 is 10.1 Å². The van der Waals surface area contributed by atoms with Crippen molar-refractivity contribution in [1.29, 1.82) is 0 Å². The lowest BCUT2D eigenvalue weighted by atomic mass is 9.88. The van der Waals surface area contributed by atoms with Crippen molar-refractivity contribution in [2.45, 2.75) is 24.9 Å². The van der Waals surface area contributed by atoms with E-state index in [1.807, 2.05) is 12.1 Å². The van der Waals surface area contributed by atoms with Gasteiger partial charge >= 0.3 is 0 Å². The quantitative estimate of drug-likeness (QED) is 0.613. The Morgan fingerprint density at radius 3 is 2.30 bits per heavy atom. The normalized spacial score (nSPS) is 15.8. The van der Waals surface area contributed by atoms with Gasteiger partial charge in [0.15, 0.2) is 0 Å². The maximum Gasteiger partial charge on any atom is 0.252 e. The second-order valence-corrected chi connectivity index (χ2v) is 7.41. The highest BCUT2D eigenvalue weighted by Crippen LogP contribution is 2.27. The van der Waals surface area contributed by atoms with Crippen molar-refractivity contribution in [3.63, 3.8) is 0 Å². The molecule has 4 rings (SSSR count). The van der Waals surface area contributed by atoms with Crippen LogP contribution >= 0.6 is 0 Å². The summed E-state index contributed by atoms with van der Waals surface area (Å²) in [4.78, 5) is 16.8. The van der Waals surface area contributed by atoms with E-state index < -0.39 is 0 Å². The summed E-state index contributed by atoms with van der Waals surface area (Å²) in [6, 6.07) is 24.3. The van der Waals surface area contributed by atoms with E-state index in [1.54, 1.807) is 18.3 Å². The molecular formula is C25H26N2O3. The predicted octanol–water partition coefficient (Wildman–Crippen LogP) is 4.20. The number of benzene rings is 2. The van der Waals surface area contributed by atoms with E-state index in [9.17, 15) is 4.79 Å². The summed E-state index contributed by atoms with van der Waals surface area (Å²) in [6.45, 7) is 1.89. The second-order valence-electron chi connectivity index (χ2n) is 7.41. The van der Waals surface area contributed by atoms with Crippen molar-refractivity contribution in [2.24, 2.45) is 0 Å². The van der Waals surface area contributed by atoms with Gasteiger partial charge < -0.3 is 14.8 Å². The van der Waals surface area contributed by atoms with Crippen LogP contribution in [0.3, 0.4) is 0 Å². The molecule has 5 heteroatoms. The number of nitrogens with one attached hydrogen (secondary N) is 1. The van der Waals surface area contributed by atoms with Crippen LogP contribution in [0.4, 0.5) is 0 Å². The molecule has 3 aromatic rings. The summed E-state index contributed by atoms with van der Waals surface area (Å²) in [5, 5.41) is 3.02. The summed E-state index contributed by atoms with van der Waals surface area (Å²) in [5.41, 5.74) is 3.02. The summed E-state index contributed by atoms with van der Waals surface area (Å²) in [7, 11) is 0. The minimum atomic E-state index is -0.127. The van der Waals surface area contributed by atoms with Crippen LogP contribution in [0.15, 0.2) is 79.0 Å². The average Bonchev–Trinajstić information content (AvgIpc) is 3.31. The molecule has 0 bridgehead atoms. The molecule has 1 aliphatic rings. The van der Waals surface area contributed by atoms with E-state index >= 15 is 0 Å². The van der Waals surface area contributed by atoms with E-state index in [4.69, 9.17) is 9.47 Å². The first-order valence-corrected chi connectivity index (χ1v) is 10.4. The smallest absolute Gasteiger partial charge is 0.252 e. The fourth-order valence-electron chi connectivity index (χ4n) is 3.69. The van der Waals surface area contributed by atoms with Crippen LogP contribution in [0, 0.1) is 0 Å². The van der Waals surface area contributed by atoms with E-state index in [1.165, 1.54) is 11.1 Å². The third kappa shape index (κ3) is 5.24. The van der Waals surface area contributed by atoms with Crippen molar-refractivity contribution in [1.82, 2.24) is 10.3 Å². The van der Waals surface area contributed by atoms with Gasteiger partial charge in [-0.05, 0) is 23.6 Å². The standard InChI is InChI=1S/C25H26N2O3/c28-25(21-11-12-24(27-17-21)30-22-14-16-29-18-22)26-15-13-23(19-7-3-1-4-8-19)20-9-5-2-6-10-20/h1-12,17,22-23H,13-16,18H2,(H,26,28)/t22-/m1/s1. The molecule has 1 amide bonds. The maximum absolute atomic E-state index is 12.5. The zero-order chi connectivity index (χ0) is 20.6. The van der Waals surface area contributed by atoms with Crippen molar-refractivity contribution in [3.8, 4) is 5.88 Å². The summed E-state index contributed by atoms with van der Waals surface area (Å²) in [5.74, 6) is 0.628. The van der Waals surface area contributed by atoms with Crippen LogP contribution in [0.25, 0.3) is 0 Å². The van der Waals surface area contributed by atoms with Crippen LogP contribution in [-0.4, -0.2) is 36.8 Å². The lowest BCUT2D eigenvalue weighted by molar-refractivity contribution is 0.0952. The number of pyridine rings is 1. The predicted molar refractivity (Wildman–Crippen MR) is 116 cm³/mol. The molecule has 30 heavy (non-hydrogen) atoms. The maximum atomic E-state index is 12.5. The number of amides is 1. The van der Waals surface area contributed by atoms with Gasteiger partial charge in [0.2, 0.25) is 5.88 Å². The van der Waals surface area contributed by atoms with Crippen molar-refractivity contribution in [2.75, 3.05) is 19.8 Å². The van der Waals surface area contributed by atoms with Gasteiger partial charge in [-0.3, -0.25) is 4.79 Å². The third-order valence-corrected chi connectivity index (χ3v) is 5.30. The highest BCUT2D eigenvalue weighted by molar-refractivity contribution is 5.93. The number of hydrogen-bond donors (Lipinski definition) is 1. The Kier molecular flexibility index (Phi) is 6.72. The molecule has 0 aliphatic carbocycles. The molecule has 1 aromatic heterocycles. The van der Waals surface area contributed by atoms with Gasteiger partial charge in [-0.2, -0.15) is 0 Å². The first-order valence-electron chi connectivity index (χ1n) is 10.4. The molecule has 1 aliphatic heterocycles. The van der Waals surface area contributed by atoms with Gasteiger partial charge in [0.25, 0.3) is 5.91 Å². The van der Waals surface area contributed by atoms with Gasteiger partial charge in [-0.25, -0.2) is 4.98 Å². The fourth-order valence-corrected chi connectivity index (χ4v) is 3.69. The Morgan fingerprint density at radius 1 is 1.03 bits per heavy atom. The number of carbonyl (C=O) groups is 1. The van der Waals surface area contributed by atoms with Gasteiger partial charge in [0, 0.05) is 31.1 Å². The molecule has 154 valence electrons. The number of aromatic nitrogens is 1. The number of carbonyl (C=O) groups excluding carboxylic acids is 1. The summed E-state index contributed by atoms with van der Waals surface area (Å²) >= 11 is 0. The molecule has 5 nitrogen and oxygen atoms in total. The highest BCUT2D eigenvalue weighted by atomic mass is 16.5. The minimum absolute atomic E-state index is 0.0464. The molecule has 1 N–H and O–H groups in total. The van der Waals surface area contributed by atoms with Gasteiger partial charge in [0.1, 0.15) is 6.10 Å². The summed E-state index contributed by atoms with van der Waals surface area (Å²) in [6.07, 6.45) is 3.29. The van der Waals surface area contributed by atoms with Crippen LogP contribution in [-0.2, 0) is 4.74 Å². The number of rotatable bonds is 8. The average molecular weight is 402 g/mol. The molecule has 1 fully saturated rings. The Morgan fingerprint density at radius 2 is 1.73 bits per heavy atom. The van der Waals surface area contributed by atoms with E-state index in [2.05, 4.69) is 58.8 Å². The van der Waals surface area contributed by atoms with Crippen LogP contribution in [0.1, 0.15) is 40.2 Å². The van der Waals surface area contributed by atoms with Gasteiger partial charge in [0.05, 0.1) is 18.8 Å². The Bertz CT molecular complexity index is 884. The largest absolute Gasteiger partial charge is 0.472 e. The SMILES string of the molecule is O=C(NCCC(c1ccccc1)c1ccccc1)c1ccc(O[C@@H]2CCOC2)nc1. The van der Waals surface area contributed by atoms with E-state index in [0.29, 0.717) is 24.6 Å². The Hall–Kier alpha value is -3.18. The Balaban J connectivity index is 1.34. The van der Waals surface area contributed by atoms with Crippen molar-refractivity contribution < 1.29 is 14.3 Å². The first kappa shape index (κ1) is 20.1. The number of ether oxygens (including phenoxy) is 2. The van der Waals surface area contributed by atoms with Gasteiger partial charge in [-0.1, -0.05) is 60.7 Å². The molecule has 2 heterocycles. The Labute approximate surface area is 177 Å². The first-order chi connectivity index (χ1) is 14.8. The van der Waals surface area contributed by atoms with E-state index in [0.717, 1.165) is 19.4 Å². The van der Waals surface area contributed by atoms with Gasteiger partial charge in [-0.15, -0.1) is 0 Å². The van der Waals surface area contributed by atoms with Crippen molar-refractivity contribution >= 4 is 5.91 Å². The molecule has 0 saturated carbocycles. The molecular weight excluding hydrogens is 376 g/mol. The molecule has 1 saturated heterocycles. The monoisotopic (exact) mass is 402 g/mol. The second kappa shape index (κ2) is 10.0. The molecule has 0 unspecified atom stereocenters. The number of nitrogens with zero attached hydrogens (tertiary/aromatic N) is 1. The minimum Gasteiger partial charge on any atom is -0.472 e. The zero-order valence-electron chi connectivity index (χ0n) is 16.9. The molecule has 2 aromatic carbocycles. The lowest BCUT2D eigenvalue weighted by Crippen LogP contribution is -2.26.